The molecule has 23 heavy (non-hydrogen) atoms. The first-order valence-electron chi connectivity index (χ1n) is 7.85. The zero-order valence-electron chi connectivity index (χ0n) is 12.7. The van der Waals surface area contributed by atoms with E-state index in [1.807, 2.05) is 23.5 Å². The minimum absolute atomic E-state index is 0.705. The molecule has 4 aromatic heterocycles. The number of thiophene rings is 1. The van der Waals surface area contributed by atoms with Crippen LogP contribution < -0.4 is 0 Å². The normalized spacial score (nSPS) is 17.7. The number of hydrogen-bond acceptors (Lipinski definition) is 5. The first-order valence-corrected chi connectivity index (χ1v) is 8.67. The summed E-state index contributed by atoms with van der Waals surface area (Å²) in [6, 6.07) is 3.89. The number of nitrogens with zero attached hydrogens (tertiary/aromatic N) is 5. The van der Waals surface area contributed by atoms with Gasteiger partial charge >= 0.3 is 0 Å². The summed E-state index contributed by atoms with van der Waals surface area (Å²) in [7, 11) is 0. The minimum atomic E-state index is 0.705. The lowest BCUT2D eigenvalue weighted by Crippen LogP contribution is -2.09. The van der Waals surface area contributed by atoms with Crippen LogP contribution in [0.3, 0.4) is 0 Å². The van der Waals surface area contributed by atoms with Crippen molar-refractivity contribution in [2.45, 2.75) is 26.2 Å². The molecule has 1 aliphatic rings. The first kappa shape index (κ1) is 13.1. The molecule has 5 nitrogen and oxygen atoms in total. The summed E-state index contributed by atoms with van der Waals surface area (Å²) in [6.07, 6.45) is 8.87. The largest absolute Gasteiger partial charge is 0.264 e. The van der Waals surface area contributed by atoms with E-state index in [0.717, 1.165) is 34.8 Å². The highest BCUT2D eigenvalue weighted by Crippen LogP contribution is 2.38. The van der Waals surface area contributed by atoms with Crippen molar-refractivity contribution >= 4 is 27.2 Å². The SMILES string of the molecule is C[C@H]1CCc2sc3ncn4nc(-c5cccnc5)nc4c3c2C1. The fraction of sp³-hybridized carbons (Fsp3) is 0.294. The predicted molar refractivity (Wildman–Crippen MR) is 90.6 cm³/mol. The maximum Gasteiger partial charge on any atom is 0.183 e. The second-order valence-electron chi connectivity index (χ2n) is 6.22. The van der Waals surface area contributed by atoms with Gasteiger partial charge in [-0.1, -0.05) is 6.92 Å². The molecule has 0 spiro atoms. The van der Waals surface area contributed by atoms with E-state index in [1.54, 1.807) is 23.2 Å². The Kier molecular flexibility index (Phi) is 2.76. The maximum absolute atomic E-state index is 4.80. The van der Waals surface area contributed by atoms with Crippen LogP contribution in [0, 0.1) is 5.92 Å². The Morgan fingerprint density at radius 3 is 3.17 bits per heavy atom. The summed E-state index contributed by atoms with van der Waals surface area (Å²) in [5.74, 6) is 1.43. The highest BCUT2D eigenvalue weighted by Gasteiger charge is 2.23. The summed E-state index contributed by atoms with van der Waals surface area (Å²) >= 11 is 1.82. The monoisotopic (exact) mass is 321 g/mol. The Hall–Kier alpha value is -2.34. The van der Waals surface area contributed by atoms with Crippen LogP contribution in [-0.4, -0.2) is 24.6 Å². The van der Waals surface area contributed by atoms with Crippen molar-refractivity contribution in [3.63, 3.8) is 0 Å². The molecular weight excluding hydrogens is 306 g/mol. The van der Waals surface area contributed by atoms with Gasteiger partial charge in [-0.05, 0) is 42.9 Å². The molecule has 5 rings (SSSR count). The summed E-state index contributed by atoms with van der Waals surface area (Å²) in [5, 5.41) is 5.78. The molecule has 1 atom stereocenters. The Morgan fingerprint density at radius 2 is 2.30 bits per heavy atom. The molecule has 0 aliphatic heterocycles. The van der Waals surface area contributed by atoms with E-state index in [4.69, 9.17) is 4.98 Å². The maximum atomic E-state index is 4.80. The highest BCUT2D eigenvalue weighted by atomic mass is 32.1. The molecule has 0 fully saturated rings. The third-order valence-corrected chi connectivity index (χ3v) is 5.75. The Morgan fingerprint density at radius 1 is 1.35 bits per heavy atom. The molecule has 6 heteroatoms. The van der Waals surface area contributed by atoms with Crippen molar-refractivity contribution in [2.24, 2.45) is 5.92 Å². The molecular formula is C17H15N5S. The number of rotatable bonds is 1. The van der Waals surface area contributed by atoms with Crippen molar-refractivity contribution in [1.82, 2.24) is 24.6 Å². The van der Waals surface area contributed by atoms with Crippen LogP contribution in [0.15, 0.2) is 30.9 Å². The van der Waals surface area contributed by atoms with Crippen LogP contribution >= 0.6 is 11.3 Å². The van der Waals surface area contributed by atoms with Gasteiger partial charge in [0.2, 0.25) is 0 Å². The van der Waals surface area contributed by atoms with Gasteiger partial charge in [0.05, 0.1) is 5.39 Å². The number of hydrogen-bond donors (Lipinski definition) is 0. The summed E-state index contributed by atoms with van der Waals surface area (Å²) in [5.41, 5.74) is 3.29. The number of pyridine rings is 1. The zero-order valence-corrected chi connectivity index (χ0v) is 13.5. The second-order valence-corrected chi connectivity index (χ2v) is 7.31. The van der Waals surface area contributed by atoms with Crippen molar-refractivity contribution in [3.8, 4) is 11.4 Å². The third-order valence-electron chi connectivity index (χ3n) is 4.55. The zero-order chi connectivity index (χ0) is 15.4. The Balaban J connectivity index is 1.79. The molecule has 0 aromatic carbocycles. The molecule has 0 amide bonds. The van der Waals surface area contributed by atoms with E-state index < -0.39 is 0 Å². The van der Waals surface area contributed by atoms with Crippen LogP contribution in [-0.2, 0) is 12.8 Å². The van der Waals surface area contributed by atoms with Gasteiger partial charge in [0.25, 0.3) is 0 Å². The van der Waals surface area contributed by atoms with Crippen molar-refractivity contribution in [2.75, 3.05) is 0 Å². The quantitative estimate of drug-likeness (QED) is 0.538. The van der Waals surface area contributed by atoms with E-state index in [0.29, 0.717) is 5.82 Å². The van der Waals surface area contributed by atoms with Gasteiger partial charge in [0, 0.05) is 22.8 Å². The lowest BCUT2D eigenvalue weighted by molar-refractivity contribution is 0.508. The van der Waals surface area contributed by atoms with E-state index in [-0.39, 0.29) is 0 Å². The lowest BCUT2D eigenvalue weighted by atomic mass is 9.89. The van der Waals surface area contributed by atoms with Crippen molar-refractivity contribution < 1.29 is 0 Å². The number of aryl methyl sites for hydroxylation is 1. The third kappa shape index (κ3) is 1.98. The average Bonchev–Trinajstić information content (AvgIpc) is 3.16. The van der Waals surface area contributed by atoms with Crippen LogP contribution in [0.1, 0.15) is 23.8 Å². The Bertz CT molecular complexity index is 1020. The summed E-state index contributed by atoms with van der Waals surface area (Å²) in [6.45, 7) is 2.32. The highest BCUT2D eigenvalue weighted by molar-refractivity contribution is 7.19. The van der Waals surface area contributed by atoms with Crippen LogP contribution in [0.4, 0.5) is 0 Å². The van der Waals surface area contributed by atoms with Gasteiger partial charge in [-0.3, -0.25) is 4.98 Å². The molecule has 114 valence electrons. The fourth-order valence-electron chi connectivity index (χ4n) is 3.36. The molecule has 4 aromatic rings. The standard InChI is InChI=1S/C17H15N5S/c1-10-4-5-13-12(7-10)14-16-20-15(11-3-2-6-18-8-11)21-22(16)9-19-17(14)23-13/h2-3,6,8-10H,4-5,7H2,1H3/t10-/m0/s1. The Labute approximate surface area is 137 Å². The molecule has 1 aliphatic carbocycles. The summed E-state index contributed by atoms with van der Waals surface area (Å²) < 4.78 is 1.80. The average molecular weight is 321 g/mol. The molecule has 0 bridgehead atoms. The van der Waals surface area contributed by atoms with Gasteiger partial charge in [-0.2, -0.15) is 0 Å². The number of aromatic nitrogens is 5. The molecule has 0 saturated heterocycles. The van der Waals surface area contributed by atoms with E-state index >= 15 is 0 Å². The van der Waals surface area contributed by atoms with Gasteiger partial charge in [0.15, 0.2) is 11.5 Å². The fourth-order valence-corrected chi connectivity index (χ4v) is 4.54. The van der Waals surface area contributed by atoms with Gasteiger partial charge < -0.3 is 0 Å². The lowest BCUT2D eigenvalue weighted by Gasteiger charge is -2.17. The summed E-state index contributed by atoms with van der Waals surface area (Å²) in [4.78, 5) is 16.1. The first-order chi connectivity index (χ1) is 11.3. The smallest absolute Gasteiger partial charge is 0.183 e. The van der Waals surface area contributed by atoms with Crippen molar-refractivity contribution in [1.29, 1.82) is 0 Å². The van der Waals surface area contributed by atoms with Crippen LogP contribution in [0.5, 0.6) is 0 Å². The molecule has 0 unspecified atom stereocenters. The van der Waals surface area contributed by atoms with E-state index in [2.05, 4.69) is 22.0 Å². The number of fused-ring (bicyclic) bond motifs is 5. The predicted octanol–water partition coefficient (Wildman–Crippen LogP) is 3.53. The topological polar surface area (TPSA) is 56.0 Å². The molecule has 4 heterocycles. The minimum Gasteiger partial charge on any atom is -0.264 e. The van der Waals surface area contributed by atoms with Crippen LogP contribution in [0.25, 0.3) is 27.3 Å². The molecule has 0 saturated carbocycles. The van der Waals surface area contributed by atoms with Gasteiger partial charge in [0.1, 0.15) is 11.2 Å². The van der Waals surface area contributed by atoms with E-state index in [1.165, 1.54) is 22.2 Å². The van der Waals surface area contributed by atoms with E-state index in [9.17, 15) is 0 Å². The molecule has 0 radical (unpaired) electrons. The van der Waals surface area contributed by atoms with Gasteiger partial charge in [-0.25, -0.2) is 14.5 Å². The van der Waals surface area contributed by atoms with Gasteiger partial charge in [-0.15, -0.1) is 16.4 Å². The van der Waals surface area contributed by atoms with Crippen molar-refractivity contribution in [3.05, 3.63) is 41.3 Å². The molecule has 0 N–H and O–H groups in total. The second kappa shape index (κ2) is 4.83. The van der Waals surface area contributed by atoms with Crippen LogP contribution in [0.2, 0.25) is 0 Å².